The molecule has 0 aliphatic carbocycles. The zero-order valence-corrected chi connectivity index (χ0v) is 13.1. The molecule has 1 aliphatic rings. The van der Waals surface area contributed by atoms with E-state index in [0.717, 1.165) is 30.8 Å². The number of aromatic nitrogens is 1. The summed E-state index contributed by atoms with van der Waals surface area (Å²) in [6.07, 6.45) is 5.36. The molecule has 1 aromatic heterocycles. The highest BCUT2D eigenvalue weighted by atomic mass is 32.1. The van der Waals surface area contributed by atoms with Crippen LogP contribution in [0.1, 0.15) is 41.4 Å². The first-order chi connectivity index (χ1) is 10.2. The summed E-state index contributed by atoms with van der Waals surface area (Å²) in [4.78, 5) is 18.9. The van der Waals surface area contributed by atoms with Gasteiger partial charge in [0.25, 0.3) is 0 Å². The monoisotopic (exact) mass is 300 g/mol. The quantitative estimate of drug-likeness (QED) is 0.861. The summed E-state index contributed by atoms with van der Waals surface area (Å²) in [7, 11) is 0. The summed E-state index contributed by atoms with van der Waals surface area (Å²) in [6, 6.07) is 8.65. The van der Waals surface area contributed by atoms with Crippen molar-refractivity contribution in [1.29, 1.82) is 0 Å². The Bertz CT molecular complexity index is 592. The summed E-state index contributed by atoms with van der Waals surface area (Å²) in [5, 5.41) is 3.07. The predicted octanol–water partition coefficient (Wildman–Crippen LogP) is 3.75. The van der Waals surface area contributed by atoms with E-state index in [-0.39, 0.29) is 11.9 Å². The van der Waals surface area contributed by atoms with E-state index in [1.165, 1.54) is 11.1 Å². The second-order valence-corrected chi connectivity index (χ2v) is 6.53. The van der Waals surface area contributed by atoms with E-state index >= 15 is 0 Å². The summed E-state index contributed by atoms with van der Waals surface area (Å²) >= 11 is 1.65. The molecule has 1 atom stereocenters. The molecular weight excluding hydrogens is 280 g/mol. The van der Waals surface area contributed by atoms with Crippen molar-refractivity contribution in [2.45, 2.75) is 38.6 Å². The van der Waals surface area contributed by atoms with Crippen molar-refractivity contribution < 1.29 is 4.79 Å². The summed E-state index contributed by atoms with van der Waals surface area (Å²) in [5.74, 6) is 0.258. The lowest BCUT2D eigenvalue weighted by Crippen LogP contribution is -2.30. The molecule has 0 radical (unpaired) electrons. The third-order valence-electron chi connectivity index (χ3n) is 4.06. The molecule has 0 bridgehead atoms. The second-order valence-electron chi connectivity index (χ2n) is 5.60. The summed E-state index contributed by atoms with van der Waals surface area (Å²) in [5.41, 5.74) is 2.49. The van der Waals surface area contributed by atoms with E-state index in [1.807, 2.05) is 16.5 Å². The summed E-state index contributed by atoms with van der Waals surface area (Å²) < 4.78 is 0. The van der Waals surface area contributed by atoms with Gasteiger partial charge >= 0.3 is 0 Å². The minimum Gasteiger partial charge on any atom is -0.333 e. The van der Waals surface area contributed by atoms with Crippen LogP contribution in [-0.4, -0.2) is 22.3 Å². The van der Waals surface area contributed by atoms with E-state index in [2.05, 4.69) is 36.2 Å². The van der Waals surface area contributed by atoms with Gasteiger partial charge in [-0.3, -0.25) is 4.79 Å². The molecule has 1 aromatic carbocycles. The zero-order valence-electron chi connectivity index (χ0n) is 12.3. The van der Waals surface area contributed by atoms with Crippen LogP contribution in [0, 0.1) is 6.92 Å². The van der Waals surface area contributed by atoms with Crippen LogP contribution in [0.25, 0.3) is 0 Å². The first-order valence-corrected chi connectivity index (χ1v) is 8.36. The van der Waals surface area contributed by atoms with Crippen molar-refractivity contribution >= 4 is 17.2 Å². The largest absolute Gasteiger partial charge is 0.333 e. The third-order valence-corrected chi connectivity index (χ3v) is 4.93. The molecule has 1 fully saturated rings. The van der Waals surface area contributed by atoms with Crippen molar-refractivity contribution in [2.75, 3.05) is 6.54 Å². The van der Waals surface area contributed by atoms with Crippen LogP contribution in [0.3, 0.4) is 0 Å². The number of thiazole rings is 1. The van der Waals surface area contributed by atoms with Gasteiger partial charge < -0.3 is 4.90 Å². The van der Waals surface area contributed by atoms with Gasteiger partial charge in [0.2, 0.25) is 5.91 Å². The maximum absolute atomic E-state index is 12.5. The highest BCUT2D eigenvalue weighted by Crippen LogP contribution is 2.33. The number of nitrogens with zero attached hydrogens (tertiary/aromatic N) is 2. The fraction of sp³-hybridized carbons (Fsp3) is 0.412. The molecule has 3 nitrogen and oxygen atoms in total. The lowest BCUT2D eigenvalue weighted by molar-refractivity contribution is -0.132. The Balaban J connectivity index is 1.61. The molecule has 0 saturated carbocycles. The molecular formula is C17H20N2OS. The highest BCUT2D eigenvalue weighted by molar-refractivity contribution is 7.09. The molecule has 1 saturated heterocycles. The predicted molar refractivity (Wildman–Crippen MR) is 85.3 cm³/mol. The van der Waals surface area contributed by atoms with Gasteiger partial charge in [-0.1, -0.05) is 29.8 Å². The van der Waals surface area contributed by atoms with Gasteiger partial charge in [-0.15, -0.1) is 11.3 Å². The van der Waals surface area contributed by atoms with Gasteiger partial charge in [-0.05, 0) is 31.7 Å². The molecule has 1 unspecified atom stereocenters. The molecule has 2 aromatic rings. The lowest BCUT2D eigenvalue weighted by Gasteiger charge is -2.23. The van der Waals surface area contributed by atoms with Gasteiger partial charge in [-0.2, -0.15) is 0 Å². The van der Waals surface area contributed by atoms with Crippen molar-refractivity contribution in [3.8, 4) is 0 Å². The smallest absolute Gasteiger partial charge is 0.223 e. The second kappa shape index (κ2) is 6.39. The van der Waals surface area contributed by atoms with Gasteiger partial charge in [0, 0.05) is 24.5 Å². The number of rotatable bonds is 4. The maximum atomic E-state index is 12.5. The fourth-order valence-electron chi connectivity index (χ4n) is 2.87. The van der Waals surface area contributed by atoms with Crippen LogP contribution in [0.2, 0.25) is 0 Å². The van der Waals surface area contributed by atoms with Crippen LogP contribution >= 0.6 is 11.3 Å². The highest BCUT2D eigenvalue weighted by Gasteiger charge is 2.31. The van der Waals surface area contributed by atoms with E-state index in [4.69, 9.17) is 0 Å². The first kappa shape index (κ1) is 14.3. The first-order valence-electron chi connectivity index (χ1n) is 7.48. The molecule has 3 rings (SSSR count). The van der Waals surface area contributed by atoms with Crippen LogP contribution in [0.5, 0.6) is 0 Å². The Kier molecular flexibility index (Phi) is 4.34. The number of aryl methyl sites for hydroxylation is 2. The average molecular weight is 300 g/mol. The third kappa shape index (κ3) is 3.32. The molecule has 0 N–H and O–H groups in total. The van der Waals surface area contributed by atoms with Gasteiger partial charge in [0.1, 0.15) is 5.01 Å². The van der Waals surface area contributed by atoms with Crippen LogP contribution < -0.4 is 0 Å². The number of hydrogen-bond acceptors (Lipinski definition) is 3. The maximum Gasteiger partial charge on any atom is 0.223 e. The number of amides is 1. The molecule has 1 amide bonds. The molecule has 1 aliphatic heterocycles. The molecule has 21 heavy (non-hydrogen) atoms. The zero-order chi connectivity index (χ0) is 14.7. The Morgan fingerprint density at radius 2 is 2.19 bits per heavy atom. The van der Waals surface area contributed by atoms with Crippen molar-refractivity contribution in [3.63, 3.8) is 0 Å². The van der Waals surface area contributed by atoms with Crippen molar-refractivity contribution in [3.05, 3.63) is 52.0 Å². The average Bonchev–Trinajstić information content (AvgIpc) is 3.16. The topological polar surface area (TPSA) is 33.2 Å². The Hall–Kier alpha value is -1.68. The minimum absolute atomic E-state index is 0.204. The lowest BCUT2D eigenvalue weighted by atomic mass is 10.1. The van der Waals surface area contributed by atoms with E-state index in [0.29, 0.717) is 6.42 Å². The Morgan fingerprint density at radius 3 is 2.90 bits per heavy atom. The number of carbonyl (C=O) groups is 1. The van der Waals surface area contributed by atoms with Crippen LogP contribution in [-0.2, 0) is 11.2 Å². The van der Waals surface area contributed by atoms with E-state index < -0.39 is 0 Å². The van der Waals surface area contributed by atoms with Crippen LogP contribution in [0.4, 0.5) is 0 Å². The Labute approximate surface area is 129 Å². The van der Waals surface area contributed by atoms with Gasteiger partial charge in [-0.25, -0.2) is 4.98 Å². The molecule has 0 spiro atoms. The summed E-state index contributed by atoms with van der Waals surface area (Å²) in [6.45, 7) is 2.95. The number of carbonyl (C=O) groups excluding carboxylic acids is 1. The molecule has 4 heteroatoms. The SMILES string of the molecule is Cc1ccc(CCC(=O)N2CCCC2c2nccs2)cc1. The molecule has 110 valence electrons. The normalized spacial score (nSPS) is 18.1. The number of likely N-dealkylation sites (tertiary alicyclic amines) is 1. The standard InChI is InChI=1S/C17H20N2OS/c1-13-4-6-14(7-5-13)8-9-16(20)19-11-2-3-15(19)17-18-10-12-21-17/h4-7,10,12,15H,2-3,8-9,11H2,1H3. The number of benzene rings is 1. The van der Waals surface area contributed by atoms with Gasteiger partial charge in [0.15, 0.2) is 0 Å². The minimum atomic E-state index is 0.204. The van der Waals surface area contributed by atoms with Crippen molar-refractivity contribution in [1.82, 2.24) is 9.88 Å². The van der Waals surface area contributed by atoms with Crippen molar-refractivity contribution in [2.24, 2.45) is 0 Å². The Morgan fingerprint density at radius 1 is 1.38 bits per heavy atom. The van der Waals surface area contributed by atoms with Crippen LogP contribution in [0.15, 0.2) is 35.8 Å². The molecule has 2 heterocycles. The fourth-order valence-corrected chi connectivity index (χ4v) is 3.66. The van der Waals surface area contributed by atoms with E-state index in [1.54, 1.807) is 11.3 Å². The van der Waals surface area contributed by atoms with Gasteiger partial charge in [0.05, 0.1) is 6.04 Å². The van der Waals surface area contributed by atoms with E-state index in [9.17, 15) is 4.79 Å². The number of hydrogen-bond donors (Lipinski definition) is 0.